The molecule has 12 heavy (non-hydrogen) atoms. The monoisotopic (exact) mass is 186 g/mol. The summed E-state index contributed by atoms with van der Waals surface area (Å²) < 4.78 is 12.9. The normalized spacial score (nSPS) is 9.92. The Kier molecular flexibility index (Phi) is 2.38. The highest BCUT2D eigenvalue weighted by atomic mass is 32.1. The van der Waals surface area contributed by atoms with Crippen LogP contribution in [0.25, 0.3) is 0 Å². The summed E-state index contributed by atoms with van der Waals surface area (Å²) in [6.45, 7) is 1.50. The van der Waals surface area contributed by atoms with Crippen LogP contribution in [0.4, 0.5) is 4.39 Å². The van der Waals surface area contributed by atoms with Crippen LogP contribution in [0.3, 0.4) is 0 Å². The van der Waals surface area contributed by atoms with E-state index in [1.807, 2.05) is 0 Å². The summed E-state index contributed by atoms with van der Waals surface area (Å²) in [5.74, 6) is -1.54. The molecule has 0 radical (unpaired) electrons. The highest BCUT2D eigenvalue weighted by Crippen LogP contribution is 2.18. The minimum atomic E-state index is -1.08. The Labute approximate surface area is 74.4 Å². The van der Waals surface area contributed by atoms with Crippen molar-refractivity contribution in [2.24, 2.45) is 0 Å². The van der Waals surface area contributed by atoms with Crippen molar-refractivity contribution < 1.29 is 14.3 Å². The van der Waals surface area contributed by atoms with E-state index < -0.39 is 11.8 Å². The Morgan fingerprint density at radius 1 is 1.58 bits per heavy atom. The number of rotatable bonds is 1. The van der Waals surface area contributed by atoms with Gasteiger partial charge in [-0.05, 0) is 24.6 Å². The molecule has 0 atom stereocenters. The fourth-order valence-electron chi connectivity index (χ4n) is 0.874. The Morgan fingerprint density at radius 2 is 2.17 bits per heavy atom. The Hall–Kier alpha value is -1.03. The zero-order valence-corrected chi connectivity index (χ0v) is 7.23. The minimum absolute atomic E-state index is 0.0545. The van der Waals surface area contributed by atoms with Gasteiger partial charge in [-0.25, -0.2) is 9.18 Å². The van der Waals surface area contributed by atoms with Crippen LogP contribution in [0, 0.1) is 12.7 Å². The number of benzene rings is 1. The minimum Gasteiger partial charge on any atom is -0.478 e. The summed E-state index contributed by atoms with van der Waals surface area (Å²) in [5.41, 5.74) is 0.346. The maximum atomic E-state index is 12.9. The summed E-state index contributed by atoms with van der Waals surface area (Å²) in [5, 5.41) is 8.57. The zero-order valence-electron chi connectivity index (χ0n) is 6.34. The third kappa shape index (κ3) is 1.58. The van der Waals surface area contributed by atoms with Crippen molar-refractivity contribution in [1.82, 2.24) is 0 Å². The van der Waals surface area contributed by atoms with Crippen LogP contribution in [-0.4, -0.2) is 11.1 Å². The number of carboxylic acid groups (broad SMARTS) is 1. The van der Waals surface area contributed by atoms with Gasteiger partial charge in [0.1, 0.15) is 5.82 Å². The van der Waals surface area contributed by atoms with Gasteiger partial charge in [-0.15, -0.1) is 12.6 Å². The van der Waals surface area contributed by atoms with E-state index in [1.165, 1.54) is 19.1 Å². The third-order valence-corrected chi connectivity index (χ3v) is 1.81. The Balaban J connectivity index is 3.31. The van der Waals surface area contributed by atoms with Gasteiger partial charge in [0.2, 0.25) is 0 Å². The highest BCUT2D eigenvalue weighted by molar-refractivity contribution is 7.80. The van der Waals surface area contributed by atoms with Crippen molar-refractivity contribution in [3.05, 3.63) is 29.1 Å². The first-order valence-electron chi connectivity index (χ1n) is 3.25. The summed E-state index contributed by atoms with van der Waals surface area (Å²) in [4.78, 5) is 10.5. The molecule has 0 saturated carbocycles. The van der Waals surface area contributed by atoms with E-state index >= 15 is 0 Å². The summed E-state index contributed by atoms with van der Waals surface area (Å²) in [6.07, 6.45) is 0. The molecule has 0 unspecified atom stereocenters. The molecule has 0 amide bonds. The van der Waals surface area contributed by atoms with E-state index in [1.54, 1.807) is 0 Å². The summed E-state index contributed by atoms with van der Waals surface area (Å²) >= 11 is 3.79. The van der Waals surface area contributed by atoms with Gasteiger partial charge in [-0.3, -0.25) is 0 Å². The van der Waals surface area contributed by atoms with Crippen molar-refractivity contribution >= 4 is 18.6 Å². The molecule has 0 aromatic heterocycles. The molecule has 64 valence electrons. The van der Waals surface area contributed by atoms with Crippen molar-refractivity contribution in [3.8, 4) is 0 Å². The maximum absolute atomic E-state index is 12.9. The first-order valence-corrected chi connectivity index (χ1v) is 3.69. The zero-order chi connectivity index (χ0) is 9.30. The number of aromatic carboxylic acids is 1. The number of aryl methyl sites for hydroxylation is 1. The van der Waals surface area contributed by atoms with Crippen LogP contribution >= 0.6 is 12.6 Å². The van der Waals surface area contributed by atoms with Gasteiger partial charge in [-0.1, -0.05) is 0 Å². The average molecular weight is 186 g/mol. The SMILES string of the molecule is Cc1cc(C(=O)O)cc(S)c1F. The van der Waals surface area contributed by atoms with E-state index in [4.69, 9.17) is 5.11 Å². The molecule has 1 rings (SSSR count). The molecule has 1 aromatic carbocycles. The van der Waals surface area contributed by atoms with Crippen molar-refractivity contribution in [3.63, 3.8) is 0 Å². The number of carboxylic acids is 1. The second-order valence-corrected chi connectivity index (χ2v) is 2.91. The Bertz CT molecular complexity index is 313. The number of thiol groups is 1. The molecule has 0 saturated heterocycles. The molecule has 4 heteroatoms. The molecule has 0 aliphatic rings. The van der Waals surface area contributed by atoms with Crippen molar-refractivity contribution in [2.45, 2.75) is 11.8 Å². The number of hydrogen-bond acceptors (Lipinski definition) is 2. The van der Waals surface area contributed by atoms with Gasteiger partial charge in [0, 0.05) is 4.90 Å². The van der Waals surface area contributed by atoms with Gasteiger partial charge in [-0.2, -0.15) is 0 Å². The van der Waals surface area contributed by atoms with E-state index in [9.17, 15) is 9.18 Å². The predicted molar refractivity (Wildman–Crippen MR) is 45.3 cm³/mol. The lowest BCUT2D eigenvalue weighted by Crippen LogP contribution is -1.98. The molecular weight excluding hydrogens is 179 g/mol. The Morgan fingerprint density at radius 3 is 2.58 bits per heavy atom. The molecule has 1 aromatic rings. The molecule has 0 fully saturated rings. The molecule has 0 bridgehead atoms. The lowest BCUT2D eigenvalue weighted by atomic mass is 10.1. The van der Waals surface area contributed by atoms with E-state index in [-0.39, 0.29) is 10.5 Å². The van der Waals surface area contributed by atoms with Gasteiger partial charge in [0.05, 0.1) is 5.56 Å². The van der Waals surface area contributed by atoms with Crippen molar-refractivity contribution in [2.75, 3.05) is 0 Å². The topological polar surface area (TPSA) is 37.3 Å². The number of carbonyl (C=O) groups is 1. The van der Waals surface area contributed by atoms with Crippen LogP contribution in [0.2, 0.25) is 0 Å². The first kappa shape index (κ1) is 9.06. The predicted octanol–water partition coefficient (Wildman–Crippen LogP) is 2.12. The summed E-state index contributed by atoms with van der Waals surface area (Å²) in [6, 6.07) is 2.46. The largest absolute Gasteiger partial charge is 0.478 e. The van der Waals surface area contributed by atoms with Crippen LogP contribution in [0.15, 0.2) is 17.0 Å². The molecular formula is C8H7FO2S. The number of hydrogen-bond donors (Lipinski definition) is 2. The van der Waals surface area contributed by atoms with Crippen molar-refractivity contribution in [1.29, 1.82) is 0 Å². The smallest absolute Gasteiger partial charge is 0.335 e. The average Bonchev–Trinajstić information content (AvgIpc) is 1.99. The number of halogens is 1. The lowest BCUT2D eigenvalue weighted by molar-refractivity contribution is 0.0696. The van der Waals surface area contributed by atoms with Crippen LogP contribution in [0.5, 0.6) is 0 Å². The van der Waals surface area contributed by atoms with Crippen LogP contribution < -0.4 is 0 Å². The fraction of sp³-hybridized carbons (Fsp3) is 0.125. The van der Waals surface area contributed by atoms with E-state index in [0.717, 1.165) is 0 Å². The second kappa shape index (κ2) is 3.15. The van der Waals surface area contributed by atoms with Gasteiger partial charge in [0.25, 0.3) is 0 Å². The molecule has 1 N–H and O–H groups in total. The molecule has 0 aliphatic heterocycles. The third-order valence-electron chi connectivity index (χ3n) is 1.48. The highest BCUT2D eigenvalue weighted by Gasteiger charge is 2.08. The molecule has 2 nitrogen and oxygen atoms in total. The van der Waals surface area contributed by atoms with Gasteiger partial charge < -0.3 is 5.11 Å². The van der Waals surface area contributed by atoms with Gasteiger partial charge in [0.15, 0.2) is 0 Å². The standard InChI is InChI=1S/C8H7FO2S/c1-4-2-5(8(10)11)3-6(12)7(4)9/h2-3,12H,1H3,(H,10,11). The fourth-order valence-corrected chi connectivity index (χ4v) is 1.19. The first-order chi connectivity index (χ1) is 5.52. The molecule has 0 spiro atoms. The quantitative estimate of drug-likeness (QED) is 0.659. The van der Waals surface area contributed by atoms with Crippen LogP contribution in [0.1, 0.15) is 15.9 Å². The molecule has 0 aliphatic carbocycles. The van der Waals surface area contributed by atoms with Gasteiger partial charge >= 0.3 is 5.97 Å². The van der Waals surface area contributed by atoms with Crippen LogP contribution in [-0.2, 0) is 0 Å². The molecule has 0 heterocycles. The maximum Gasteiger partial charge on any atom is 0.335 e. The van der Waals surface area contributed by atoms with E-state index in [0.29, 0.717) is 5.56 Å². The lowest BCUT2D eigenvalue weighted by Gasteiger charge is -2.01. The van der Waals surface area contributed by atoms with E-state index in [2.05, 4.69) is 12.6 Å². The summed E-state index contributed by atoms with van der Waals surface area (Å²) in [7, 11) is 0. The second-order valence-electron chi connectivity index (χ2n) is 2.43.